The molecule has 1 aromatic rings. The van der Waals surface area contributed by atoms with Crippen LogP contribution in [0.25, 0.3) is 0 Å². The number of piperidine rings is 2. The van der Waals surface area contributed by atoms with E-state index in [0.717, 1.165) is 25.9 Å². The molecule has 0 radical (unpaired) electrons. The van der Waals surface area contributed by atoms with Gasteiger partial charge in [-0.3, -0.25) is 24.2 Å². The third-order valence-electron chi connectivity index (χ3n) is 7.25. The van der Waals surface area contributed by atoms with E-state index in [0.29, 0.717) is 37.2 Å². The summed E-state index contributed by atoms with van der Waals surface area (Å²) in [6, 6.07) is 5.75. The predicted molar refractivity (Wildman–Crippen MR) is 121 cm³/mol. The van der Waals surface area contributed by atoms with Gasteiger partial charge in [-0.2, -0.15) is 0 Å². The van der Waals surface area contributed by atoms with E-state index in [-0.39, 0.29) is 30.7 Å². The van der Waals surface area contributed by atoms with Crippen LogP contribution >= 0.6 is 0 Å². The molecule has 0 aliphatic carbocycles. The first-order valence-corrected chi connectivity index (χ1v) is 11.8. The molecule has 178 valence electrons. The molecule has 0 unspecified atom stereocenters. The van der Waals surface area contributed by atoms with Crippen LogP contribution in [-0.2, 0) is 19.1 Å². The molecule has 9 nitrogen and oxygen atoms in total. The van der Waals surface area contributed by atoms with Crippen molar-refractivity contribution in [3.63, 3.8) is 0 Å². The number of nitrogens with zero attached hydrogens (tertiary/aromatic N) is 3. The number of primary amides is 1. The molecule has 33 heavy (non-hydrogen) atoms. The monoisotopic (exact) mass is 456 g/mol. The molecule has 3 heterocycles. The normalized spacial score (nSPS) is 24.2. The SMILES string of the molecule is CCOC(=O)c1ccc(N2C(=O)C[C@H](N3CCC(C(N)=O)(N4CCCCC4)CC3)C2=O)cc1. The Labute approximate surface area is 193 Å². The zero-order valence-electron chi connectivity index (χ0n) is 19.1. The van der Waals surface area contributed by atoms with Gasteiger partial charge >= 0.3 is 5.97 Å². The van der Waals surface area contributed by atoms with Gasteiger partial charge in [-0.15, -0.1) is 0 Å². The first kappa shape index (κ1) is 23.4. The van der Waals surface area contributed by atoms with Crippen molar-refractivity contribution >= 4 is 29.4 Å². The van der Waals surface area contributed by atoms with Gasteiger partial charge in [-0.1, -0.05) is 6.42 Å². The summed E-state index contributed by atoms with van der Waals surface area (Å²) < 4.78 is 4.98. The fourth-order valence-corrected chi connectivity index (χ4v) is 5.38. The van der Waals surface area contributed by atoms with Crippen molar-refractivity contribution in [1.82, 2.24) is 9.80 Å². The van der Waals surface area contributed by atoms with Crippen molar-refractivity contribution < 1.29 is 23.9 Å². The van der Waals surface area contributed by atoms with Crippen LogP contribution in [0.15, 0.2) is 24.3 Å². The van der Waals surface area contributed by atoms with Gasteiger partial charge in [0.1, 0.15) is 5.54 Å². The summed E-state index contributed by atoms with van der Waals surface area (Å²) in [5.41, 5.74) is 6.02. The van der Waals surface area contributed by atoms with Crippen LogP contribution in [0.3, 0.4) is 0 Å². The molecule has 0 bridgehead atoms. The molecule has 0 saturated carbocycles. The van der Waals surface area contributed by atoms with Gasteiger partial charge < -0.3 is 10.5 Å². The highest BCUT2D eigenvalue weighted by atomic mass is 16.5. The summed E-state index contributed by atoms with van der Waals surface area (Å²) >= 11 is 0. The Morgan fingerprint density at radius 3 is 2.24 bits per heavy atom. The Bertz CT molecular complexity index is 917. The second-order valence-corrected chi connectivity index (χ2v) is 9.03. The number of hydrogen-bond acceptors (Lipinski definition) is 7. The van der Waals surface area contributed by atoms with Gasteiger partial charge in [0.05, 0.1) is 30.3 Å². The Hall–Kier alpha value is -2.78. The van der Waals surface area contributed by atoms with Crippen molar-refractivity contribution in [1.29, 1.82) is 0 Å². The maximum absolute atomic E-state index is 13.2. The van der Waals surface area contributed by atoms with Crippen LogP contribution in [0, 0.1) is 0 Å². The van der Waals surface area contributed by atoms with Gasteiger partial charge in [0.25, 0.3) is 5.91 Å². The molecule has 0 aromatic heterocycles. The quantitative estimate of drug-likeness (QED) is 0.507. The maximum atomic E-state index is 13.2. The second-order valence-electron chi connectivity index (χ2n) is 9.03. The van der Waals surface area contributed by atoms with E-state index >= 15 is 0 Å². The first-order chi connectivity index (χ1) is 15.9. The summed E-state index contributed by atoms with van der Waals surface area (Å²) in [5.74, 6) is -1.27. The van der Waals surface area contributed by atoms with Crippen LogP contribution in [0.2, 0.25) is 0 Å². The van der Waals surface area contributed by atoms with Crippen molar-refractivity contribution in [2.24, 2.45) is 5.73 Å². The number of ether oxygens (including phenoxy) is 1. The molecule has 9 heteroatoms. The molecule has 3 aliphatic rings. The van der Waals surface area contributed by atoms with E-state index in [2.05, 4.69) is 4.90 Å². The van der Waals surface area contributed by atoms with Crippen molar-refractivity contribution in [3.8, 4) is 0 Å². The summed E-state index contributed by atoms with van der Waals surface area (Å²) in [7, 11) is 0. The van der Waals surface area contributed by atoms with Crippen LogP contribution in [0.5, 0.6) is 0 Å². The number of nitrogens with two attached hydrogens (primary N) is 1. The Morgan fingerprint density at radius 1 is 1.03 bits per heavy atom. The highest BCUT2D eigenvalue weighted by Gasteiger charge is 2.49. The zero-order valence-corrected chi connectivity index (χ0v) is 19.1. The number of imide groups is 1. The number of rotatable bonds is 6. The van der Waals surface area contributed by atoms with Gasteiger partial charge in [-0.25, -0.2) is 9.69 Å². The zero-order chi connectivity index (χ0) is 23.6. The maximum Gasteiger partial charge on any atom is 0.338 e. The van der Waals surface area contributed by atoms with Crippen molar-refractivity contribution in [3.05, 3.63) is 29.8 Å². The number of carbonyl (C=O) groups excluding carboxylic acids is 4. The number of benzene rings is 1. The highest BCUT2D eigenvalue weighted by molar-refractivity contribution is 6.22. The topological polar surface area (TPSA) is 113 Å². The Balaban J connectivity index is 1.44. The fourth-order valence-electron chi connectivity index (χ4n) is 5.38. The fraction of sp³-hybridized carbons (Fsp3) is 0.583. The van der Waals surface area contributed by atoms with E-state index in [4.69, 9.17) is 10.5 Å². The van der Waals surface area contributed by atoms with E-state index in [1.54, 1.807) is 31.2 Å². The number of amides is 3. The third-order valence-corrected chi connectivity index (χ3v) is 7.25. The van der Waals surface area contributed by atoms with E-state index in [9.17, 15) is 19.2 Å². The van der Waals surface area contributed by atoms with E-state index in [1.807, 2.05) is 4.90 Å². The Morgan fingerprint density at radius 2 is 1.67 bits per heavy atom. The highest BCUT2D eigenvalue weighted by Crippen LogP contribution is 2.34. The summed E-state index contributed by atoms with van der Waals surface area (Å²) in [6.07, 6.45) is 4.54. The lowest BCUT2D eigenvalue weighted by molar-refractivity contribution is -0.136. The van der Waals surface area contributed by atoms with Gasteiger partial charge in [0.2, 0.25) is 11.8 Å². The lowest BCUT2D eigenvalue weighted by Gasteiger charge is -2.48. The molecule has 3 amide bonds. The summed E-state index contributed by atoms with van der Waals surface area (Å²) in [4.78, 5) is 55.7. The van der Waals surface area contributed by atoms with Crippen LogP contribution in [0.4, 0.5) is 5.69 Å². The standard InChI is InChI=1S/C24H32N4O5/c1-2-33-22(31)17-6-8-18(9-7-17)28-20(29)16-19(21(28)30)26-14-10-24(11-15-26,23(25)32)27-12-4-3-5-13-27/h6-9,19H,2-5,10-16H2,1H3,(H2,25,32)/t19-/m0/s1. The minimum Gasteiger partial charge on any atom is -0.462 e. The summed E-state index contributed by atoms with van der Waals surface area (Å²) in [6.45, 7) is 4.83. The number of carbonyl (C=O) groups is 4. The molecule has 2 N–H and O–H groups in total. The van der Waals surface area contributed by atoms with Crippen LogP contribution in [-0.4, -0.2) is 77.9 Å². The van der Waals surface area contributed by atoms with Gasteiger partial charge in [0, 0.05) is 13.1 Å². The van der Waals surface area contributed by atoms with Crippen LogP contribution in [0.1, 0.15) is 55.8 Å². The molecule has 3 aliphatic heterocycles. The largest absolute Gasteiger partial charge is 0.462 e. The predicted octanol–water partition coefficient (Wildman–Crippen LogP) is 1.30. The summed E-state index contributed by atoms with van der Waals surface area (Å²) in [5, 5.41) is 0. The molecule has 1 aromatic carbocycles. The first-order valence-electron chi connectivity index (χ1n) is 11.8. The third kappa shape index (κ3) is 4.39. The minimum absolute atomic E-state index is 0.103. The Kier molecular flexibility index (Phi) is 6.81. The number of hydrogen-bond donors (Lipinski definition) is 1. The van der Waals surface area contributed by atoms with E-state index < -0.39 is 17.6 Å². The van der Waals surface area contributed by atoms with Gasteiger partial charge in [0.15, 0.2) is 0 Å². The van der Waals surface area contributed by atoms with Crippen LogP contribution < -0.4 is 10.6 Å². The van der Waals surface area contributed by atoms with Crippen molar-refractivity contribution in [2.45, 2.75) is 57.0 Å². The molecular formula is C24H32N4O5. The average Bonchev–Trinajstić information content (AvgIpc) is 3.13. The molecule has 1 atom stereocenters. The van der Waals surface area contributed by atoms with Crippen molar-refractivity contribution in [2.75, 3.05) is 37.7 Å². The minimum atomic E-state index is -0.662. The average molecular weight is 457 g/mol. The molecule has 0 spiro atoms. The molecule has 3 fully saturated rings. The van der Waals surface area contributed by atoms with Gasteiger partial charge in [-0.05, 0) is 70.0 Å². The molecular weight excluding hydrogens is 424 g/mol. The number of anilines is 1. The number of likely N-dealkylation sites (tertiary alicyclic amines) is 2. The number of esters is 1. The molecule has 4 rings (SSSR count). The lowest BCUT2D eigenvalue weighted by atomic mass is 9.83. The second kappa shape index (κ2) is 9.61. The van der Waals surface area contributed by atoms with E-state index in [1.165, 1.54) is 11.3 Å². The molecule has 3 saturated heterocycles. The lowest BCUT2D eigenvalue weighted by Crippen LogP contribution is -2.64. The smallest absolute Gasteiger partial charge is 0.338 e.